The fourth-order valence-electron chi connectivity index (χ4n) is 1.98. The summed E-state index contributed by atoms with van der Waals surface area (Å²) in [6.07, 6.45) is 0. The Morgan fingerprint density at radius 2 is 2.10 bits per heavy atom. The number of nitrogens with zero attached hydrogens (tertiary/aromatic N) is 1. The summed E-state index contributed by atoms with van der Waals surface area (Å²) in [7, 11) is -3.36. The number of ether oxygens (including phenoxy) is 1. The lowest BCUT2D eigenvalue weighted by Gasteiger charge is -2.17. The highest BCUT2D eigenvalue weighted by Crippen LogP contribution is 2.26. The van der Waals surface area contributed by atoms with E-state index in [1.54, 1.807) is 24.0 Å². The summed E-state index contributed by atoms with van der Waals surface area (Å²) < 4.78 is 31.1. The van der Waals surface area contributed by atoms with E-state index < -0.39 is 10.0 Å². The predicted octanol–water partition coefficient (Wildman–Crippen LogP) is 1.30. The van der Waals surface area contributed by atoms with Crippen molar-refractivity contribution >= 4 is 21.6 Å². The smallest absolute Gasteiger partial charge is 0.257 e. The molecule has 2 rings (SSSR count). The monoisotopic (exact) mass is 298 g/mol. The molecule has 1 N–H and O–H groups in total. The second-order valence-electron chi connectivity index (χ2n) is 4.45. The van der Waals surface area contributed by atoms with Gasteiger partial charge in [-0.15, -0.1) is 0 Å². The maximum Gasteiger partial charge on any atom is 0.257 e. The van der Waals surface area contributed by atoms with E-state index in [0.29, 0.717) is 36.7 Å². The summed E-state index contributed by atoms with van der Waals surface area (Å²) in [6, 6.07) is 4.75. The maximum atomic E-state index is 12.3. The van der Waals surface area contributed by atoms with E-state index >= 15 is 0 Å². The number of benzene rings is 1. The van der Waals surface area contributed by atoms with Crippen molar-refractivity contribution in [2.75, 3.05) is 30.2 Å². The van der Waals surface area contributed by atoms with Gasteiger partial charge in [-0.1, -0.05) is 0 Å². The van der Waals surface area contributed by atoms with Crippen LogP contribution in [-0.2, 0) is 10.0 Å². The molecule has 0 atom stereocenters. The second kappa shape index (κ2) is 5.70. The molecule has 0 unspecified atom stereocenters. The number of anilines is 1. The van der Waals surface area contributed by atoms with E-state index in [2.05, 4.69) is 4.72 Å². The number of carbonyl (C=O) groups excluding carboxylic acids is 1. The van der Waals surface area contributed by atoms with E-state index in [-0.39, 0.29) is 11.7 Å². The number of amides is 1. The Bertz CT molecular complexity index is 613. The molecule has 1 aliphatic rings. The molecule has 1 aliphatic heterocycles. The molecule has 0 aromatic heterocycles. The second-order valence-corrected chi connectivity index (χ2v) is 6.46. The summed E-state index contributed by atoms with van der Waals surface area (Å²) >= 11 is 0. The van der Waals surface area contributed by atoms with Gasteiger partial charge < -0.3 is 9.64 Å². The van der Waals surface area contributed by atoms with Crippen molar-refractivity contribution in [2.24, 2.45) is 0 Å². The topological polar surface area (TPSA) is 75.7 Å². The van der Waals surface area contributed by atoms with Gasteiger partial charge in [0.25, 0.3) is 5.91 Å². The van der Waals surface area contributed by atoms with Gasteiger partial charge in [-0.25, -0.2) is 8.42 Å². The quantitative estimate of drug-likeness (QED) is 0.909. The first kappa shape index (κ1) is 14.6. The van der Waals surface area contributed by atoms with E-state index in [1.807, 2.05) is 6.92 Å². The number of carbonyl (C=O) groups is 1. The normalized spacial score (nSPS) is 15.3. The van der Waals surface area contributed by atoms with Crippen molar-refractivity contribution < 1.29 is 17.9 Å². The number of hydrogen-bond acceptors (Lipinski definition) is 4. The zero-order valence-electron chi connectivity index (χ0n) is 11.5. The third-order valence-corrected chi connectivity index (χ3v) is 4.46. The minimum absolute atomic E-state index is 0.0182. The van der Waals surface area contributed by atoms with Gasteiger partial charge in [0.15, 0.2) is 0 Å². The van der Waals surface area contributed by atoms with Gasteiger partial charge in [0.1, 0.15) is 12.4 Å². The minimum atomic E-state index is -3.36. The molecular formula is C13H18N2O4S. The highest BCUT2D eigenvalue weighted by atomic mass is 32.2. The average molecular weight is 298 g/mol. The Hall–Kier alpha value is -1.76. The SMILES string of the molecule is CCN1CCOc2ccc(NS(=O)(=O)CC)cc2C1=O. The van der Waals surface area contributed by atoms with Crippen LogP contribution in [0, 0.1) is 0 Å². The van der Waals surface area contributed by atoms with E-state index in [9.17, 15) is 13.2 Å². The van der Waals surface area contributed by atoms with Crippen LogP contribution in [0.2, 0.25) is 0 Å². The fraction of sp³-hybridized carbons (Fsp3) is 0.462. The molecular weight excluding hydrogens is 280 g/mol. The Labute approximate surface area is 118 Å². The Kier molecular flexibility index (Phi) is 4.17. The lowest BCUT2D eigenvalue weighted by molar-refractivity contribution is 0.0765. The molecule has 0 bridgehead atoms. The van der Waals surface area contributed by atoms with Crippen LogP contribution in [0.4, 0.5) is 5.69 Å². The van der Waals surface area contributed by atoms with Crippen molar-refractivity contribution in [3.05, 3.63) is 23.8 Å². The van der Waals surface area contributed by atoms with Crippen molar-refractivity contribution in [3.63, 3.8) is 0 Å². The van der Waals surface area contributed by atoms with Crippen LogP contribution in [-0.4, -0.2) is 44.7 Å². The van der Waals surface area contributed by atoms with Crippen LogP contribution in [0.3, 0.4) is 0 Å². The first-order chi connectivity index (χ1) is 9.46. The zero-order chi connectivity index (χ0) is 14.8. The lowest BCUT2D eigenvalue weighted by atomic mass is 10.1. The fourth-order valence-corrected chi connectivity index (χ4v) is 2.61. The zero-order valence-corrected chi connectivity index (χ0v) is 12.4. The lowest BCUT2D eigenvalue weighted by Crippen LogP contribution is -2.32. The van der Waals surface area contributed by atoms with Crippen LogP contribution in [0.15, 0.2) is 18.2 Å². The third-order valence-electron chi connectivity index (χ3n) is 3.15. The van der Waals surface area contributed by atoms with Crippen LogP contribution < -0.4 is 9.46 Å². The van der Waals surface area contributed by atoms with E-state index in [1.165, 1.54) is 6.07 Å². The molecule has 1 heterocycles. The van der Waals surface area contributed by atoms with Crippen LogP contribution in [0.5, 0.6) is 5.75 Å². The largest absolute Gasteiger partial charge is 0.491 e. The molecule has 20 heavy (non-hydrogen) atoms. The molecule has 0 fully saturated rings. The van der Waals surface area contributed by atoms with Crippen molar-refractivity contribution in [3.8, 4) is 5.75 Å². The Morgan fingerprint density at radius 3 is 2.75 bits per heavy atom. The summed E-state index contributed by atoms with van der Waals surface area (Å²) in [5, 5.41) is 0. The minimum Gasteiger partial charge on any atom is -0.491 e. The average Bonchev–Trinajstić information content (AvgIpc) is 2.58. The van der Waals surface area contributed by atoms with Gasteiger partial charge in [0, 0.05) is 12.2 Å². The number of rotatable bonds is 4. The molecule has 1 amide bonds. The van der Waals surface area contributed by atoms with Crippen molar-refractivity contribution in [1.82, 2.24) is 4.90 Å². The highest BCUT2D eigenvalue weighted by Gasteiger charge is 2.23. The number of likely N-dealkylation sites (N-methyl/N-ethyl adjacent to an activating group) is 1. The number of sulfonamides is 1. The van der Waals surface area contributed by atoms with E-state index in [0.717, 1.165) is 0 Å². The standard InChI is InChI=1S/C13H18N2O4S/c1-3-15-7-8-19-12-6-5-10(9-11(12)13(15)16)14-20(17,18)4-2/h5-6,9,14H,3-4,7-8H2,1-2H3. The molecule has 0 spiro atoms. The molecule has 0 saturated heterocycles. The van der Waals surface area contributed by atoms with Gasteiger partial charge in [-0.05, 0) is 32.0 Å². The maximum absolute atomic E-state index is 12.3. The third kappa shape index (κ3) is 3.04. The molecule has 6 nitrogen and oxygen atoms in total. The van der Waals surface area contributed by atoms with Gasteiger partial charge in [0.05, 0.1) is 17.9 Å². The van der Waals surface area contributed by atoms with Crippen molar-refractivity contribution in [2.45, 2.75) is 13.8 Å². The molecule has 7 heteroatoms. The summed E-state index contributed by atoms with van der Waals surface area (Å²) in [5.41, 5.74) is 0.765. The number of nitrogens with one attached hydrogen (secondary N) is 1. The Balaban J connectivity index is 2.36. The molecule has 0 saturated carbocycles. The molecule has 110 valence electrons. The van der Waals surface area contributed by atoms with Crippen LogP contribution in [0.25, 0.3) is 0 Å². The molecule has 0 radical (unpaired) electrons. The van der Waals surface area contributed by atoms with Gasteiger partial charge >= 0.3 is 0 Å². The highest BCUT2D eigenvalue weighted by molar-refractivity contribution is 7.92. The predicted molar refractivity (Wildman–Crippen MR) is 76.6 cm³/mol. The molecule has 1 aromatic rings. The summed E-state index contributed by atoms with van der Waals surface area (Å²) in [6.45, 7) is 5.00. The number of fused-ring (bicyclic) bond motifs is 1. The van der Waals surface area contributed by atoms with Gasteiger partial charge in [-0.3, -0.25) is 9.52 Å². The summed E-state index contributed by atoms with van der Waals surface area (Å²) in [5.74, 6) is 0.332. The van der Waals surface area contributed by atoms with Gasteiger partial charge in [-0.2, -0.15) is 0 Å². The molecule has 1 aromatic carbocycles. The Morgan fingerprint density at radius 1 is 1.35 bits per heavy atom. The molecule has 0 aliphatic carbocycles. The first-order valence-electron chi connectivity index (χ1n) is 6.53. The van der Waals surface area contributed by atoms with Crippen LogP contribution >= 0.6 is 0 Å². The first-order valence-corrected chi connectivity index (χ1v) is 8.18. The van der Waals surface area contributed by atoms with Crippen LogP contribution in [0.1, 0.15) is 24.2 Å². The van der Waals surface area contributed by atoms with E-state index in [4.69, 9.17) is 4.74 Å². The van der Waals surface area contributed by atoms with Gasteiger partial charge in [0.2, 0.25) is 10.0 Å². The number of hydrogen-bond donors (Lipinski definition) is 1. The van der Waals surface area contributed by atoms with Crippen molar-refractivity contribution in [1.29, 1.82) is 0 Å². The summed E-state index contributed by atoms with van der Waals surface area (Å²) in [4.78, 5) is 14.0.